The highest BCUT2D eigenvalue weighted by molar-refractivity contribution is 5.90. The van der Waals surface area contributed by atoms with Gasteiger partial charge in [-0.05, 0) is 68.3 Å². The van der Waals surface area contributed by atoms with E-state index in [0.717, 1.165) is 56.9 Å². The molecule has 2 aromatic carbocycles. The Balaban J connectivity index is 1.37. The van der Waals surface area contributed by atoms with Crippen LogP contribution in [0.15, 0.2) is 48.5 Å². The van der Waals surface area contributed by atoms with E-state index in [2.05, 4.69) is 46.4 Å². The summed E-state index contributed by atoms with van der Waals surface area (Å²) in [6.07, 6.45) is 3.42. The summed E-state index contributed by atoms with van der Waals surface area (Å²) in [4.78, 5) is 16.9. The van der Waals surface area contributed by atoms with E-state index in [4.69, 9.17) is 4.74 Å². The van der Waals surface area contributed by atoms with Gasteiger partial charge in [-0.25, -0.2) is 0 Å². The number of rotatable bonds is 8. The first-order chi connectivity index (χ1) is 13.6. The number of ether oxygens (including phenoxy) is 1. The average molecular weight is 382 g/mol. The summed E-state index contributed by atoms with van der Waals surface area (Å²) in [7, 11) is 3.83. The van der Waals surface area contributed by atoms with Gasteiger partial charge in [-0.15, -0.1) is 0 Å². The monoisotopic (exact) mass is 381 g/mol. The summed E-state index contributed by atoms with van der Waals surface area (Å²) >= 11 is 0. The van der Waals surface area contributed by atoms with Crippen molar-refractivity contribution in [1.29, 1.82) is 0 Å². The normalized spacial score (nSPS) is 14.7. The molecule has 1 aliphatic rings. The van der Waals surface area contributed by atoms with Gasteiger partial charge in [0, 0.05) is 44.0 Å². The first-order valence-corrected chi connectivity index (χ1v) is 10.1. The molecule has 3 rings (SSSR count). The van der Waals surface area contributed by atoms with Gasteiger partial charge in [0.25, 0.3) is 0 Å². The second-order valence-electron chi connectivity index (χ2n) is 7.44. The molecule has 2 aromatic rings. The number of anilines is 2. The van der Waals surface area contributed by atoms with Crippen molar-refractivity contribution in [3.05, 3.63) is 54.1 Å². The van der Waals surface area contributed by atoms with E-state index < -0.39 is 0 Å². The molecule has 1 amide bonds. The van der Waals surface area contributed by atoms with Crippen molar-refractivity contribution < 1.29 is 9.53 Å². The molecule has 0 spiro atoms. The molecule has 1 aliphatic heterocycles. The topological polar surface area (TPSA) is 44.8 Å². The quantitative estimate of drug-likeness (QED) is 0.707. The second-order valence-corrected chi connectivity index (χ2v) is 7.44. The highest BCUT2D eigenvalue weighted by Crippen LogP contribution is 2.20. The van der Waals surface area contributed by atoms with Gasteiger partial charge in [-0.3, -0.25) is 4.79 Å². The maximum atomic E-state index is 12.2. The number of benzene rings is 2. The number of unbranched alkanes of at least 4 members (excludes halogenated alkanes) is 1. The first-order valence-electron chi connectivity index (χ1n) is 10.1. The van der Waals surface area contributed by atoms with E-state index in [-0.39, 0.29) is 5.91 Å². The predicted octanol–water partition coefficient (Wildman–Crippen LogP) is 3.80. The van der Waals surface area contributed by atoms with Crippen LogP contribution in [-0.4, -0.2) is 51.1 Å². The Bertz CT molecular complexity index is 735. The molecule has 28 heavy (non-hydrogen) atoms. The number of hydrogen-bond donors (Lipinski definition) is 1. The zero-order valence-electron chi connectivity index (χ0n) is 17.0. The molecule has 1 heterocycles. The Kier molecular flexibility index (Phi) is 7.31. The summed E-state index contributed by atoms with van der Waals surface area (Å²) in [6, 6.07) is 16.3. The number of aryl methyl sites for hydroxylation is 1. The molecule has 0 radical (unpaired) electrons. The number of nitrogens with zero attached hydrogens (tertiary/aromatic N) is 2. The molecule has 150 valence electrons. The maximum absolute atomic E-state index is 12.2. The number of nitrogens with one attached hydrogen (secondary N) is 1. The van der Waals surface area contributed by atoms with Crippen LogP contribution in [0.4, 0.5) is 11.4 Å². The Hall–Kier alpha value is -2.53. The van der Waals surface area contributed by atoms with Gasteiger partial charge < -0.3 is 19.9 Å². The van der Waals surface area contributed by atoms with Crippen molar-refractivity contribution in [2.24, 2.45) is 0 Å². The van der Waals surface area contributed by atoms with Crippen LogP contribution in [0.5, 0.6) is 5.75 Å². The van der Waals surface area contributed by atoms with E-state index in [9.17, 15) is 4.79 Å². The van der Waals surface area contributed by atoms with E-state index in [1.54, 1.807) is 7.11 Å². The number of carbonyl (C=O) groups is 1. The molecule has 5 nitrogen and oxygen atoms in total. The fraction of sp³-hybridized carbons (Fsp3) is 0.435. The standard InChI is InChI=1S/C23H31N3O2/c1-25-15-17-26(18-16-25)21-11-9-20(10-12-21)24-23(27)6-4-3-5-19-7-13-22(28-2)14-8-19/h7-14H,3-6,15-18H2,1-2H3,(H,24,27). The van der Waals surface area contributed by atoms with Gasteiger partial charge in [0.15, 0.2) is 0 Å². The van der Waals surface area contributed by atoms with Crippen molar-refractivity contribution in [1.82, 2.24) is 4.90 Å². The SMILES string of the molecule is COc1ccc(CCCCC(=O)Nc2ccc(N3CCN(C)CC3)cc2)cc1. The Labute approximate surface area is 168 Å². The molecule has 5 heteroatoms. The molecule has 0 saturated carbocycles. The predicted molar refractivity (Wildman–Crippen MR) is 115 cm³/mol. The van der Waals surface area contributed by atoms with E-state index in [0.29, 0.717) is 6.42 Å². The second kappa shape index (κ2) is 10.1. The molecule has 1 saturated heterocycles. The van der Waals surface area contributed by atoms with Crippen LogP contribution in [0.2, 0.25) is 0 Å². The van der Waals surface area contributed by atoms with Crippen LogP contribution < -0.4 is 15.0 Å². The molecule has 0 unspecified atom stereocenters. The number of likely N-dealkylation sites (N-methyl/N-ethyl adjacent to an activating group) is 1. The fourth-order valence-corrected chi connectivity index (χ4v) is 3.45. The molecule has 1 N–H and O–H groups in total. The Morgan fingerprint density at radius 1 is 0.964 bits per heavy atom. The third-order valence-electron chi connectivity index (χ3n) is 5.30. The third kappa shape index (κ3) is 5.99. The molecule has 0 atom stereocenters. The molecule has 1 fully saturated rings. The molecular weight excluding hydrogens is 350 g/mol. The minimum absolute atomic E-state index is 0.0853. The molecule has 0 bridgehead atoms. The summed E-state index contributed by atoms with van der Waals surface area (Å²) < 4.78 is 5.17. The zero-order valence-corrected chi connectivity index (χ0v) is 17.0. The van der Waals surface area contributed by atoms with Crippen LogP contribution in [-0.2, 0) is 11.2 Å². The summed E-state index contributed by atoms with van der Waals surface area (Å²) in [5.41, 5.74) is 3.38. The lowest BCUT2D eigenvalue weighted by Crippen LogP contribution is -2.44. The number of hydrogen-bond acceptors (Lipinski definition) is 4. The van der Waals surface area contributed by atoms with Crippen molar-refractivity contribution >= 4 is 17.3 Å². The van der Waals surface area contributed by atoms with Crippen LogP contribution in [0.25, 0.3) is 0 Å². The van der Waals surface area contributed by atoms with Gasteiger partial charge in [-0.2, -0.15) is 0 Å². The van der Waals surface area contributed by atoms with Crippen LogP contribution in [0.1, 0.15) is 24.8 Å². The lowest BCUT2D eigenvalue weighted by molar-refractivity contribution is -0.116. The lowest BCUT2D eigenvalue weighted by Gasteiger charge is -2.34. The highest BCUT2D eigenvalue weighted by atomic mass is 16.5. The third-order valence-corrected chi connectivity index (χ3v) is 5.30. The Morgan fingerprint density at radius 3 is 2.29 bits per heavy atom. The summed E-state index contributed by atoms with van der Waals surface area (Å²) in [5.74, 6) is 0.962. The van der Waals surface area contributed by atoms with Crippen molar-refractivity contribution in [3.63, 3.8) is 0 Å². The van der Waals surface area contributed by atoms with E-state index in [1.807, 2.05) is 24.3 Å². The van der Waals surface area contributed by atoms with Gasteiger partial charge in [0.2, 0.25) is 5.91 Å². The largest absolute Gasteiger partial charge is 0.497 e. The van der Waals surface area contributed by atoms with E-state index in [1.165, 1.54) is 11.3 Å². The number of carbonyl (C=O) groups excluding carboxylic acids is 1. The van der Waals surface area contributed by atoms with Crippen LogP contribution in [0, 0.1) is 0 Å². The lowest BCUT2D eigenvalue weighted by atomic mass is 10.1. The van der Waals surface area contributed by atoms with Gasteiger partial charge in [0.05, 0.1) is 7.11 Å². The molecule has 0 aliphatic carbocycles. The van der Waals surface area contributed by atoms with Crippen molar-refractivity contribution in [2.75, 3.05) is 50.6 Å². The van der Waals surface area contributed by atoms with Gasteiger partial charge in [-0.1, -0.05) is 12.1 Å². The maximum Gasteiger partial charge on any atom is 0.224 e. The van der Waals surface area contributed by atoms with Gasteiger partial charge in [0.1, 0.15) is 5.75 Å². The minimum atomic E-state index is 0.0853. The zero-order chi connectivity index (χ0) is 19.8. The first kappa shape index (κ1) is 20.2. The van der Waals surface area contributed by atoms with Crippen molar-refractivity contribution in [3.8, 4) is 5.75 Å². The van der Waals surface area contributed by atoms with Gasteiger partial charge >= 0.3 is 0 Å². The number of amides is 1. The summed E-state index contributed by atoms with van der Waals surface area (Å²) in [6.45, 7) is 4.29. The molecule has 0 aromatic heterocycles. The minimum Gasteiger partial charge on any atom is -0.497 e. The number of methoxy groups -OCH3 is 1. The van der Waals surface area contributed by atoms with Crippen molar-refractivity contribution in [2.45, 2.75) is 25.7 Å². The smallest absolute Gasteiger partial charge is 0.224 e. The summed E-state index contributed by atoms with van der Waals surface area (Å²) in [5, 5.41) is 3.01. The fourth-order valence-electron chi connectivity index (χ4n) is 3.45. The van der Waals surface area contributed by atoms with E-state index >= 15 is 0 Å². The van der Waals surface area contributed by atoms with Crippen LogP contribution >= 0.6 is 0 Å². The highest BCUT2D eigenvalue weighted by Gasteiger charge is 2.14. The van der Waals surface area contributed by atoms with Crippen LogP contribution in [0.3, 0.4) is 0 Å². The molecular formula is C23H31N3O2. The average Bonchev–Trinajstić information content (AvgIpc) is 2.73. The Morgan fingerprint density at radius 2 is 1.64 bits per heavy atom. The number of piperazine rings is 1.